The number of anilines is 1. The molecule has 1 amide bonds. The first-order valence-electron chi connectivity index (χ1n) is 11.3. The monoisotopic (exact) mass is 541 g/mol. The third-order valence-corrected chi connectivity index (χ3v) is 8.21. The Balaban J connectivity index is 1.29. The lowest BCUT2D eigenvalue weighted by molar-refractivity contribution is 0.0723. The maximum absolute atomic E-state index is 13.5. The Morgan fingerprint density at radius 2 is 1.74 bits per heavy atom. The molecule has 1 aromatic heterocycles. The minimum absolute atomic E-state index is 0.00491. The zero-order valence-electron chi connectivity index (χ0n) is 18.7. The summed E-state index contributed by atoms with van der Waals surface area (Å²) in [5.74, 6) is 0.00491. The van der Waals surface area contributed by atoms with Crippen molar-refractivity contribution in [3.8, 4) is 0 Å². The highest BCUT2D eigenvalue weighted by Crippen LogP contribution is 2.48. The van der Waals surface area contributed by atoms with E-state index in [2.05, 4.69) is 10.3 Å². The Hall–Kier alpha value is -2.44. The molecular formula is C27H22Cl3N3OS. The van der Waals surface area contributed by atoms with Crippen molar-refractivity contribution in [2.24, 2.45) is 0 Å². The minimum atomic E-state index is -0.277. The number of aromatic nitrogens is 1. The third kappa shape index (κ3) is 5.10. The van der Waals surface area contributed by atoms with Gasteiger partial charge in [0.1, 0.15) is 5.37 Å². The molecule has 35 heavy (non-hydrogen) atoms. The summed E-state index contributed by atoms with van der Waals surface area (Å²) in [6.07, 6.45) is 3.49. The zero-order chi connectivity index (χ0) is 24.4. The number of amides is 1. The third-order valence-electron chi connectivity index (χ3n) is 5.99. The number of carbonyl (C=O) groups is 1. The van der Waals surface area contributed by atoms with Gasteiger partial charge in [0, 0.05) is 55.9 Å². The van der Waals surface area contributed by atoms with Crippen molar-refractivity contribution < 1.29 is 4.79 Å². The number of fused-ring (bicyclic) bond motifs is 2. The minimum Gasteiger partial charge on any atom is -0.384 e. The average Bonchev–Trinajstić information content (AvgIpc) is 2.85. The molecule has 3 aromatic carbocycles. The number of nitrogens with zero attached hydrogens (tertiary/aromatic N) is 2. The first-order valence-corrected chi connectivity index (χ1v) is 13.3. The SMILES string of the molecule is O=C1c2ccccc2SC(c2c(Cl)cccc2Cl)N1CCCCNc1ccnc2cc(Cl)ccc12. The van der Waals surface area contributed by atoms with E-state index in [1.54, 1.807) is 18.0 Å². The van der Waals surface area contributed by atoms with Crippen LogP contribution in [0, 0.1) is 0 Å². The van der Waals surface area contributed by atoms with Gasteiger partial charge in [-0.3, -0.25) is 9.78 Å². The van der Waals surface area contributed by atoms with E-state index in [1.165, 1.54) is 0 Å². The number of thioether (sulfide) groups is 1. The number of unbranched alkanes of at least 4 members (excludes halogenated alkanes) is 1. The van der Waals surface area contributed by atoms with Crippen LogP contribution in [0.25, 0.3) is 10.9 Å². The van der Waals surface area contributed by atoms with Crippen LogP contribution in [-0.2, 0) is 0 Å². The Morgan fingerprint density at radius 1 is 0.943 bits per heavy atom. The molecule has 178 valence electrons. The van der Waals surface area contributed by atoms with Crippen molar-refractivity contribution in [3.63, 3.8) is 0 Å². The lowest BCUT2D eigenvalue weighted by atomic mass is 10.1. The van der Waals surface area contributed by atoms with E-state index in [9.17, 15) is 4.79 Å². The van der Waals surface area contributed by atoms with E-state index in [1.807, 2.05) is 71.6 Å². The second-order valence-corrected chi connectivity index (χ2v) is 10.6. The van der Waals surface area contributed by atoms with Gasteiger partial charge in [-0.25, -0.2) is 0 Å². The van der Waals surface area contributed by atoms with E-state index in [0.29, 0.717) is 21.6 Å². The van der Waals surface area contributed by atoms with Gasteiger partial charge in [-0.05, 0) is 61.4 Å². The fourth-order valence-electron chi connectivity index (χ4n) is 4.28. The van der Waals surface area contributed by atoms with Crippen molar-refractivity contribution in [1.82, 2.24) is 9.88 Å². The van der Waals surface area contributed by atoms with Gasteiger partial charge < -0.3 is 10.2 Å². The summed E-state index contributed by atoms with van der Waals surface area (Å²) >= 11 is 20.8. The van der Waals surface area contributed by atoms with Crippen LogP contribution in [0.5, 0.6) is 0 Å². The molecule has 0 fully saturated rings. The van der Waals surface area contributed by atoms with E-state index in [0.717, 1.165) is 52.0 Å². The molecule has 2 heterocycles. The van der Waals surface area contributed by atoms with Gasteiger partial charge >= 0.3 is 0 Å². The van der Waals surface area contributed by atoms with E-state index < -0.39 is 0 Å². The molecule has 0 aliphatic carbocycles. The Bertz CT molecular complexity index is 1380. The normalized spacial score (nSPS) is 15.3. The summed E-state index contributed by atoms with van der Waals surface area (Å²) < 4.78 is 0. The molecule has 0 saturated carbocycles. The Morgan fingerprint density at radius 3 is 2.57 bits per heavy atom. The van der Waals surface area contributed by atoms with Crippen LogP contribution < -0.4 is 5.32 Å². The Kier molecular flexibility index (Phi) is 7.40. The predicted molar refractivity (Wildman–Crippen MR) is 147 cm³/mol. The predicted octanol–water partition coefficient (Wildman–Crippen LogP) is 8.33. The summed E-state index contributed by atoms with van der Waals surface area (Å²) in [5, 5.41) is 6.06. The van der Waals surface area contributed by atoms with Crippen LogP contribution in [0.4, 0.5) is 5.69 Å². The molecule has 1 aliphatic heterocycles. The average molecular weight is 543 g/mol. The maximum Gasteiger partial charge on any atom is 0.256 e. The van der Waals surface area contributed by atoms with Gasteiger partial charge in [0.2, 0.25) is 0 Å². The number of rotatable bonds is 7. The second kappa shape index (κ2) is 10.7. The lowest BCUT2D eigenvalue weighted by Gasteiger charge is -2.37. The van der Waals surface area contributed by atoms with Crippen molar-refractivity contribution in [1.29, 1.82) is 0 Å². The summed E-state index contributed by atoms with van der Waals surface area (Å²) in [6, 6.07) is 20.8. The summed E-state index contributed by atoms with van der Waals surface area (Å²) in [6.45, 7) is 1.37. The number of halogens is 3. The zero-order valence-corrected chi connectivity index (χ0v) is 21.8. The molecule has 1 atom stereocenters. The highest BCUT2D eigenvalue weighted by atomic mass is 35.5. The topological polar surface area (TPSA) is 45.2 Å². The largest absolute Gasteiger partial charge is 0.384 e. The van der Waals surface area contributed by atoms with Gasteiger partial charge in [0.15, 0.2) is 0 Å². The summed E-state index contributed by atoms with van der Waals surface area (Å²) in [7, 11) is 0. The molecular weight excluding hydrogens is 521 g/mol. The van der Waals surface area contributed by atoms with Crippen LogP contribution >= 0.6 is 46.6 Å². The van der Waals surface area contributed by atoms with Gasteiger partial charge in [-0.1, -0.05) is 64.8 Å². The number of carbonyl (C=O) groups excluding carboxylic acids is 1. The molecule has 1 aliphatic rings. The molecule has 0 saturated heterocycles. The van der Waals surface area contributed by atoms with Crippen LogP contribution in [0.2, 0.25) is 15.1 Å². The van der Waals surface area contributed by atoms with Crippen molar-refractivity contribution in [3.05, 3.63) is 99.1 Å². The van der Waals surface area contributed by atoms with Crippen molar-refractivity contribution >= 4 is 69.1 Å². The molecule has 4 nitrogen and oxygen atoms in total. The quantitative estimate of drug-likeness (QED) is 0.238. The molecule has 0 bridgehead atoms. The van der Waals surface area contributed by atoms with E-state index >= 15 is 0 Å². The van der Waals surface area contributed by atoms with Crippen LogP contribution in [0.15, 0.2) is 77.8 Å². The standard InChI is InChI=1S/C27H22Cl3N3OS/c28-17-10-11-18-22(12-14-32-23(18)16-17)31-13-3-4-15-33-26(34)19-6-1-2-9-24(19)35-27(33)25-20(29)7-5-8-21(25)30/h1-2,5-12,14,16,27H,3-4,13,15H2,(H,31,32). The number of benzene rings is 3. The Labute approximate surface area is 223 Å². The van der Waals surface area contributed by atoms with Gasteiger partial charge in [0.05, 0.1) is 11.1 Å². The maximum atomic E-state index is 13.5. The smallest absolute Gasteiger partial charge is 0.256 e. The highest BCUT2D eigenvalue weighted by Gasteiger charge is 2.35. The van der Waals surface area contributed by atoms with Crippen LogP contribution in [-0.4, -0.2) is 28.9 Å². The summed E-state index contributed by atoms with van der Waals surface area (Å²) in [5.41, 5.74) is 3.38. The first kappa shape index (κ1) is 24.3. The number of pyridine rings is 1. The highest BCUT2D eigenvalue weighted by molar-refractivity contribution is 7.99. The fourth-order valence-corrected chi connectivity index (χ4v) is 6.56. The van der Waals surface area contributed by atoms with Gasteiger partial charge in [-0.15, -0.1) is 0 Å². The molecule has 5 rings (SSSR count). The number of nitrogens with one attached hydrogen (secondary N) is 1. The second-order valence-electron chi connectivity index (χ2n) is 8.25. The first-order chi connectivity index (χ1) is 17.0. The fraction of sp³-hybridized carbons (Fsp3) is 0.185. The lowest BCUT2D eigenvalue weighted by Crippen LogP contribution is -2.37. The number of hydrogen-bond donors (Lipinski definition) is 1. The molecule has 0 spiro atoms. The summed E-state index contributed by atoms with van der Waals surface area (Å²) in [4.78, 5) is 20.7. The van der Waals surface area contributed by atoms with Crippen molar-refractivity contribution in [2.75, 3.05) is 18.4 Å². The van der Waals surface area contributed by atoms with Crippen LogP contribution in [0.3, 0.4) is 0 Å². The van der Waals surface area contributed by atoms with Crippen LogP contribution in [0.1, 0.15) is 34.1 Å². The molecule has 4 aromatic rings. The van der Waals surface area contributed by atoms with Gasteiger partial charge in [0.25, 0.3) is 5.91 Å². The van der Waals surface area contributed by atoms with Crippen molar-refractivity contribution in [2.45, 2.75) is 23.1 Å². The molecule has 1 unspecified atom stereocenters. The van der Waals surface area contributed by atoms with E-state index in [-0.39, 0.29) is 11.3 Å². The molecule has 1 N–H and O–H groups in total. The van der Waals surface area contributed by atoms with E-state index in [4.69, 9.17) is 34.8 Å². The molecule has 8 heteroatoms. The number of hydrogen-bond acceptors (Lipinski definition) is 4. The van der Waals surface area contributed by atoms with Gasteiger partial charge in [-0.2, -0.15) is 0 Å². The molecule has 0 radical (unpaired) electrons.